The first kappa shape index (κ1) is 28.6. The fraction of sp³-hybridized carbons (Fsp3) is 0.481. The van der Waals surface area contributed by atoms with E-state index in [2.05, 4.69) is 10.2 Å². The Hall–Kier alpha value is -1.99. The normalized spacial score (nSPS) is 17.8. The molecule has 6 nitrogen and oxygen atoms in total. The second kappa shape index (κ2) is 13.5. The van der Waals surface area contributed by atoms with Crippen molar-refractivity contribution in [2.24, 2.45) is 0 Å². The van der Waals surface area contributed by atoms with Crippen LogP contribution in [0, 0.1) is 0 Å². The van der Waals surface area contributed by atoms with Crippen molar-refractivity contribution in [3.05, 3.63) is 69.7 Å². The second-order valence-electron chi connectivity index (χ2n) is 9.56. The van der Waals surface area contributed by atoms with Gasteiger partial charge in [0.25, 0.3) is 5.91 Å². The number of urea groups is 1. The molecule has 0 bridgehead atoms. The van der Waals surface area contributed by atoms with Crippen LogP contribution in [0.4, 0.5) is 4.79 Å². The Kier molecular flexibility index (Phi) is 10.7. The van der Waals surface area contributed by atoms with Crippen molar-refractivity contribution in [1.82, 2.24) is 20.0 Å². The zero-order chi connectivity index (χ0) is 24.8. The van der Waals surface area contributed by atoms with Gasteiger partial charge in [-0.1, -0.05) is 47.5 Å². The lowest BCUT2D eigenvalue weighted by molar-refractivity contribution is 0.0778. The van der Waals surface area contributed by atoms with E-state index >= 15 is 0 Å². The van der Waals surface area contributed by atoms with Gasteiger partial charge < -0.3 is 20.0 Å². The van der Waals surface area contributed by atoms with Crippen LogP contribution in [0.15, 0.2) is 48.5 Å². The van der Waals surface area contributed by atoms with Gasteiger partial charge in [-0.2, -0.15) is 0 Å². The molecule has 2 heterocycles. The lowest BCUT2D eigenvalue weighted by Gasteiger charge is -2.40. The zero-order valence-electron chi connectivity index (χ0n) is 20.7. The molecule has 9 heteroatoms. The van der Waals surface area contributed by atoms with Gasteiger partial charge in [0, 0.05) is 57.3 Å². The highest BCUT2D eigenvalue weighted by Crippen LogP contribution is 2.30. The topological polar surface area (TPSA) is 55.9 Å². The number of likely N-dealkylation sites (tertiary alicyclic amines) is 1. The number of halogens is 3. The van der Waals surface area contributed by atoms with Crippen LogP contribution in [-0.4, -0.2) is 79.0 Å². The number of carbonyl (C=O) groups is 2. The first-order valence-electron chi connectivity index (χ1n) is 12.4. The fourth-order valence-corrected chi connectivity index (χ4v) is 5.44. The molecular formula is C27H35Cl3N4O2. The summed E-state index contributed by atoms with van der Waals surface area (Å²) in [6.45, 7) is 5.11. The maximum Gasteiger partial charge on any atom is 0.317 e. The van der Waals surface area contributed by atoms with Crippen LogP contribution in [0.2, 0.25) is 10.0 Å². The average molecular weight is 554 g/mol. The van der Waals surface area contributed by atoms with Crippen molar-refractivity contribution in [2.75, 3.05) is 46.3 Å². The number of nitrogens with zero attached hydrogens (tertiary/aromatic N) is 3. The van der Waals surface area contributed by atoms with Crippen molar-refractivity contribution in [3.8, 4) is 0 Å². The Labute approximate surface area is 230 Å². The predicted molar refractivity (Wildman–Crippen MR) is 149 cm³/mol. The summed E-state index contributed by atoms with van der Waals surface area (Å²) < 4.78 is 0. The number of nitrogens with one attached hydrogen (secondary N) is 1. The molecule has 0 spiro atoms. The summed E-state index contributed by atoms with van der Waals surface area (Å²) in [4.78, 5) is 31.5. The molecule has 0 saturated carbocycles. The van der Waals surface area contributed by atoms with E-state index in [9.17, 15) is 9.59 Å². The molecule has 2 aliphatic rings. The van der Waals surface area contributed by atoms with E-state index in [4.69, 9.17) is 23.2 Å². The van der Waals surface area contributed by atoms with Crippen LogP contribution in [0.5, 0.6) is 0 Å². The van der Waals surface area contributed by atoms with Crippen molar-refractivity contribution in [1.29, 1.82) is 0 Å². The molecule has 3 amide bonds. The second-order valence-corrected chi connectivity index (χ2v) is 10.4. The zero-order valence-corrected chi connectivity index (χ0v) is 23.0. The van der Waals surface area contributed by atoms with Gasteiger partial charge in [0.05, 0.1) is 10.0 Å². The van der Waals surface area contributed by atoms with Crippen LogP contribution in [-0.2, 0) is 0 Å². The number of amides is 3. The summed E-state index contributed by atoms with van der Waals surface area (Å²) in [6, 6.07) is 15.6. The Bertz CT molecular complexity index is 1020. The van der Waals surface area contributed by atoms with E-state index in [0.29, 0.717) is 28.2 Å². The van der Waals surface area contributed by atoms with E-state index in [0.717, 1.165) is 64.0 Å². The van der Waals surface area contributed by atoms with Crippen LogP contribution in [0.1, 0.15) is 47.5 Å². The first-order valence-corrected chi connectivity index (χ1v) is 13.2. The highest BCUT2D eigenvalue weighted by atomic mass is 35.5. The number of hydrogen-bond donors (Lipinski definition) is 1. The molecule has 0 aromatic heterocycles. The van der Waals surface area contributed by atoms with Gasteiger partial charge in [-0.25, -0.2) is 4.79 Å². The van der Waals surface area contributed by atoms with Crippen molar-refractivity contribution < 1.29 is 9.59 Å². The Morgan fingerprint density at radius 2 is 1.81 bits per heavy atom. The monoisotopic (exact) mass is 552 g/mol. The molecule has 2 aliphatic heterocycles. The Morgan fingerprint density at radius 3 is 2.47 bits per heavy atom. The third kappa shape index (κ3) is 7.28. The summed E-state index contributed by atoms with van der Waals surface area (Å²) >= 11 is 12.5. The minimum Gasteiger partial charge on any atom is -0.341 e. The summed E-state index contributed by atoms with van der Waals surface area (Å²) in [7, 11) is 1.86. The smallest absolute Gasteiger partial charge is 0.317 e. The molecule has 2 aromatic carbocycles. The quantitative estimate of drug-likeness (QED) is 0.467. The number of likely N-dealkylation sites (N-methyl/N-ethyl adjacent to an activating group) is 1. The minimum atomic E-state index is 0. The summed E-state index contributed by atoms with van der Waals surface area (Å²) in [6.07, 6.45) is 3.92. The summed E-state index contributed by atoms with van der Waals surface area (Å²) in [5.74, 6) is 0.143. The van der Waals surface area contributed by atoms with Gasteiger partial charge in [0.1, 0.15) is 0 Å². The highest BCUT2D eigenvalue weighted by Gasteiger charge is 2.30. The number of rotatable bonds is 8. The van der Waals surface area contributed by atoms with Crippen LogP contribution < -0.4 is 5.32 Å². The lowest BCUT2D eigenvalue weighted by Crippen LogP contribution is -2.54. The van der Waals surface area contributed by atoms with Crippen molar-refractivity contribution in [2.45, 2.75) is 37.6 Å². The lowest BCUT2D eigenvalue weighted by atomic mass is 9.93. The minimum absolute atomic E-state index is 0. The van der Waals surface area contributed by atoms with Gasteiger partial charge in [0.15, 0.2) is 0 Å². The molecule has 196 valence electrons. The number of benzene rings is 2. The van der Waals surface area contributed by atoms with Crippen molar-refractivity contribution >= 4 is 47.5 Å². The molecule has 0 aliphatic carbocycles. The molecule has 1 N–H and O–H groups in total. The van der Waals surface area contributed by atoms with Gasteiger partial charge in [-0.05, 0) is 62.1 Å². The number of piperidine rings is 1. The van der Waals surface area contributed by atoms with Gasteiger partial charge in [-0.3, -0.25) is 4.79 Å². The average Bonchev–Trinajstić information content (AvgIpc) is 2.89. The van der Waals surface area contributed by atoms with E-state index < -0.39 is 0 Å². The molecule has 0 radical (unpaired) electrons. The third-order valence-corrected chi connectivity index (χ3v) is 7.92. The molecule has 36 heavy (non-hydrogen) atoms. The van der Waals surface area contributed by atoms with Crippen LogP contribution in [0.3, 0.4) is 0 Å². The Morgan fingerprint density at radius 1 is 1.08 bits per heavy atom. The highest BCUT2D eigenvalue weighted by molar-refractivity contribution is 6.42. The SMILES string of the molecule is CN(C[C@@H](CCN1CCC(N2CCCNC2=O)CC1)c1ccc(Cl)c(Cl)c1)C(=O)c1ccccc1.Cl. The summed E-state index contributed by atoms with van der Waals surface area (Å²) in [5.41, 5.74) is 1.78. The molecule has 2 fully saturated rings. The van der Waals surface area contributed by atoms with Crippen molar-refractivity contribution in [3.63, 3.8) is 0 Å². The van der Waals surface area contributed by atoms with E-state index in [1.54, 1.807) is 4.90 Å². The summed E-state index contributed by atoms with van der Waals surface area (Å²) in [5, 5.41) is 4.04. The van der Waals surface area contributed by atoms with E-state index in [1.165, 1.54) is 0 Å². The third-order valence-electron chi connectivity index (χ3n) is 7.18. The fourth-order valence-electron chi connectivity index (χ4n) is 5.13. The predicted octanol–water partition coefficient (Wildman–Crippen LogP) is 5.54. The molecule has 2 aromatic rings. The van der Waals surface area contributed by atoms with E-state index in [-0.39, 0.29) is 30.3 Å². The van der Waals surface area contributed by atoms with E-state index in [1.807, 2.05) is 60.5 Å². The Balaban J connectivity index is 0.00000361. The van der Waals surface area contributed by atoms with Crippen LogP contribution in [0.25, 0.3) is 0 Å². The van der Waals surface area contributed by atoms with Gasteiger partial charge >= 0.3 is 6.03 Å². The maximum atomic E-state index is 13.0. The largest absolute Gasteiger partial charge is 0.341 e. The van der Waals surface area contributed by atoms with Crippen LogP contribution >= 0.6 is 35.6 Å². The standard InChI is InChI=1S/C27H34Cl2N4O2.ClH/c1-31(26(34)20-6-3-2-4-7-20)19-22(21-8-9-24(28)25(29)18-21)10-15-32-16-11-23(12-17-32)33-14-5-13-30-27(33)35;/h2-4,6-9,18,22-23H,5,10-17,19H2,1H3,(H,30,35);1H/t22-;/m1./s1. The molecular weight excluding hydrogens is 519 g/mol. The van der Waals surface area contributed by atoms with Gasteiger partial charge in [0.2, 0.25) is 0 Å². The van der Waals surface area contributed by atoms with Gasteiger partial charge in [-0.15, -0.1) is 12.4 Å². The molecule has 0 unspecified atom stereocenters. The molecule has 4 rings (SSSR count). The molecule has 1 atom stereocenters. The maximum absolute atomic E-state index is 13.0. The number of carbonyl (C=O) groups excluding carboxylic acids is 2. The first-order chi connectivity index (χ1) is 16.9. The molecule has 2 saturated heterocycles. The number of hydrogen-bond acceptors (Lipinski definition) is 3.